The Morgan fingerprint density at radius 1 is 0.773 bits per heavy atom. The second kappa shape index (κ2) is 5.96. The fraction of sp³-hybridized carbons (Fsp3) is 0.350. The van der Waals surface area contributed by atoms with Crippen LogP contribution in [0.2, 0.25) is 0 Å². The van der Waals surface area contributed by atoms with E-state index in [9.17, 15) is 5.21 Å². The average Bonchev–Trinajstić information content (AvgIpc) is 2.48. The Morgan fingerprint density at radius 3 is 1.73 bits per heavy atom. The van der Waals surface area contributed by atoms with Crippen LogP contribution in [0.3, 0.4) is 0 Å². The molecule has 116 valence electrons. The van der Waals surface area contributed by atoms with E-state index in [-0.39, 0.29) is 10.8 Å². The quantitative estimate of drug-likeness (QED) is 0.446. The third-order valence-corrected chi connectivity index (χ3v) is 4.83. The molecule has 2 heteroatoms. The lowest BCUT2D eigenvalue weighted by molar-refractivity contribution is 0.206. The van der Waals surface area contributed by atoms with Gasteiger partial charge in [0, 0.05) is 5.41 Å². The smallest absolute Gasteiger partial charge is 0.0929 e. The van der Waals surface area contributed by atoms with Gasteiger partial charge in [-0.2, -0.15) is 0 Å². The molecule has 22 heavy (non-hydrogen) atoms. The molecular formula is C20H25NO. The van der Waals surface area contributed by atoms with E-state index in [4.69, 9.17) is 0 Å². The van der Waals surface area contributed by atoms with E-state index in [0.29, 0.717) is 0 Å². The zero-order valence-electron chi connectivity index (χ0n) is 14.1. The molecule has 2 aromatic carbocycles. The van der Waals surface area contributed by atoms with E-state index in [0.717, 1.165) is 16.8 Å². The molecule has 2 aromatic rings. The lowest BCUT2D eigenvalue weighted by Crippen LogP contribution is -2.38. The van der Waals surface area contributed by atoms with Gasteiger partial charge in [-0.15, -0.1) is 0 Å². The van der Waals surface area contributed by atoms with Crippen molar-refractivity contribution in [3.63, 3.8) is 0 Å². The largest absolute Gasteiger partial charge is 0.411 e. The summed E-state index contributed by atoms with van der Waals surface area (Å²) in [4.78, 5) is 0. The minimum absolute atomic E-state index is 0.00728. The first kappa shape index (κ1) is 16.3. The molecular weight excluding hydrogens is 270 g/mol. The van der Waals surface area contributed by atoms with E-state index < -0.39 is 0 Å². The van der Waals surface area contributed by atoms with E-state index in [2.05, 4.69) is 64.0 Å². The number of hydrogen-bond donors (Lipinski definition) is 1. The van der Waals surface area contributed by atoms with Crippen LogP contribution in [-0.4, -0.2) is 10.9 Å². The lowest BCUT2D eigenvalue weighted by atomic mass is 9.65. The van der Waals surface area contributed by atoms with Crippen LogP contribution in [0.5, 0.6) is 0 Å². The normalized spacial score (nSPS) is 13.2. The Bertz CT molecular complexity index is 646. The molecule has 0 atom stereocenters. The molecule has 0 saturated carbocycles. The molecule has 0 aromatic heterocycles. The van der Waals surface area contributed by atoms with Crippen LogP contribution < -0.4 is 0 Å². The first-order valence-electron chi connectivity index (χ1n) is 7.66. The molecule has 2 rings (SSSR count). The van der Waals surface area contributed by atoms with Gasteiger partial charge in [0.1, 0.15) is 0 Å². The third kappa shape index (κ3) is 3.06. The highest BCUT2D eigenvalue weighted by Crippen LogP contribution is 2.41. The number of benzene rings is 2. The molecule has 0 fully saturated rings. The standard InChI is InChI=1S/C20H25NO/c1-19(2,3)20(4,5)18(21-22)17-13-11-16(12-14-17)15-9-7-6-8-10-15/h6-14,22H,1-5H3/b21-18-. The maximum atomic E-state index is 9.55. The van der Waals surface area contributed by atoms with Gasteiger partial charge in [0.05, 0.1) is 5.71 Å². The van der Waals surface area contributed by atoms with Gasteiger partial charge in [-0.05, 0) is 22.1 Å². The molecule has 0 bridgehead atoms. The molecule has 0 unspecified atom stereocenters. The number of hydrogen-bond acceptors (Lipinski definition) is 2. The van der Waals surface area contributed by atoms with Crippen LogP contribution in [0.25, 0.3) is 11.1 Å². The van der Waals surface area contributed by atoms with E-state index in [1.54, 1.807) is 0 Å². The fourth-order valence-corrected chi connectivity index (χ4v) is 2.35. The van der Waals surface area contributed by atoms with Gasteiger partial charge in [-0.25, -0.2) is 0 Å². The molecule has 1 N–H and O–H groups in total. The van der Waals surface area contributed by atoms with Crippen molar-refractivity contribution < 1.29 is 5.21 Å². The zero-order valence-corrected chi connectivity index (χ0v) is 14.1. The highest BCUT2D eigenvalue weighted by atomic mass is 16.4. The van der Waals surface area contributed by atoms with Crippen LogP contribution >= 0.6 is 0 Å². The molecule has 0 saturated heterocycles. The summed E-state index contributed by atoms with van der Waals surface area (Å²) >= 11 is 0. The fourth-order valence-electron chi connectivity index (χ4n) is 2.35. The van der Waals surface area contributed by atoms with Crippen molar-refractivity contribution in [2.75, 3.05) is 0 Å². The van der Waals surface area contributed by atoms with E-state index in [1.165, 1.54) is 5.56 Å². The van der Waals surface area contributed by atoms with Gasteiger partial charge >= 0.3 is 0 Å². The Balaban J connectivity index is 2.38. The first-order chi connectivity index (χ1) is 10.3. The highest BCUT2D eigenvalue weighted by Gasteiger charge is 2.38. The van der Waals surface area contributed by atoms with Crippen LogP contribution in [-0.2, 0) is 0 Å². The summed E-state index contributed by atoms with van der Waals surface area (Å²) in [7, 11) is 0. The van der Waals surface area contributed by atoms with Crippen LogP contribution in [0.4, 0.5) is 0 Å². The summed E-state index contributed by atoms with van der Waals surface area (Å²) in [5.74, 6) is 0. The van der Waals surface area contributed by atoms with Gasteiger partial charge in [-0.1, -0.05) is 94.4 Å². The van der Waals surface area contributed by atoms with Crippen molar-refractivity contribution in [3.8, 4) is 11.1 Å². The maximum absolute atomic E-state index is 9.55. The Labute approximate surface area is 133 Å². The molecule has 0 aliphatic carbocycles. The summed E-state index contributed by atoms with van der Waals surface area (Å²) in [6.45, 7) is 10.7. The topological polar surface area (TPSA) is 32.6 Å². The predicted molar refractivity (Wildman–Crippen MR) is 93.4 cm³/mol. The van der Waals surface area contributed by atoms with E-state index in [1.807, 2.05) is 30.3 Å². The van der Waals surface area contributed by atoms with Gasteiger partial charge in [0.25, 0.3) is 0 Å². The second-order valence-corrected chi connectivity index (χ2v) is 7.27. The number of rotatable bonds is 3. The summed E-state index contributed by atoms with van der Waals surface area (Å²) in [6.07, 6.45) is 0. The number of nitrogens with zero attached hydrogens (tertiary/aromatic N) is 1. The molecule has 0 radical (unpaired) electrons. The average molecular weight is 295 g/mol. The zero-order chi connectivity index (χ0) is 16.4. The summed E-state index contributed by atoms with van der Waals surface area (Å²) in [5, 5.41) is 13.2. The SMILES string of the molecule is CC(C)(C)C(C)(C)/C(=N\O)c1ccc(-c2ccccc2)cc1. The van der Waals surface area contributed by atoms with E-state index >= 15 is 0 Å². The molecule has 0 amide bonds. The van der Waals surface area contributed by atoms with Crippen molar-refractivity contribution in [2.45, 2.75) is 34.6 Å². The van der Waals surface area contributed by atoms with Crippen LogP contribution in [0.15, 0.2) is 59.8 Å². The summed E-state index contributed by atoms with van der Waals surface area (Å²) in [5.41, 5.74) is 3.78. The predicted octanol–water partition coefficient (Wildman–Crippen LogP) is 5.60. The van der Waals surface area contributed by atoms with Gasteiger partial charge in [-0.3, -0.25) is 0 Å². The summed E-state index contributed by atoms with van der Waals surface area (Å²) < 4.78 is 0. The van der Waals surface area contributed by atoms with Crippen LogP contribution in [0, 0.1) is 10.8 Å². The molecule has 0 aliphatic heterocycles. The maximum Gasteiger partial charge on any atom is 0.0929 e. The van der Waals surface area contributed by atoms with Crippen molar-refractivity contribution in [2.24, 2.45) is 16.0 Å². The van der Waals surface area contributed by atoms with Crippen LogP contribution in [0.1, 0.15) is 40.2 Å². The van der Waals surface area contributed by atoms with Crippen molar-refractivity contribution >= 4 is 5.71 Å². The van der Waals surface area contributed by atoms with Crippen molar-refractivity contribution in [3.05, 3.63) is 60.2 Å². The molecule has 0 aliphatic rings. The minimum Gasteiger partial charge on any atom is -0.411 e. The number of oxime groups is 1. The van der Waals surface area contributed by atoms with Gasteiger partial charge in [0.2, 0.25) is 0 Å². The first-order valence-corrected chi connectivity index (χ1v) is 7.66. The second-order valence-electron chi connectivity index (χ2n) is 7.27. The monoisotopic (exact) mass is 295 g/mol. The lowest BCUT2D eigenvalue weighted by Gasteiger charge is -2.39. The molecule has 2 nitrogen and oxygen atoms in total. The highest BCUT2D eigenvalue weighted by molar-refractivity contribution is 6.04. The summed E-state index contributed by atoms with van der Waals surface area (Å²) in [6, 6.07) is 18.5. The van der Waals surface area contributed by atoms with Crippen molar-refractivity contribution in [1.82, 2.24) is 0 Å². The third-order valence-electron chi connectivity index (χ3n) is 4.83. The molecule has 0 heterocycles. The minimum atomic E-state index is -0.240. The van der Waals surface area contributed by atoms with Gasteiger partial charge < -0.3 is 5.21 Å². The Kier molecular flexibility index (Phi) is 4.41. The Hall–Kier alpha value is -2.09. The molecule has 0 spiro atoms. The Morgan fingerprint density at radius 2 is 1.27 bits per heavy atom. The van der Waals surface area contributed by atoms with Gasteiger partial charge in [0.15, 0.2) is 0 Å². The van der Waals surface area contributed by atoms with Crippen molar-refractivity contribution in [1.29, 1.82) is 0 Å².